The number of thiophene rings is 1. The molecule has 1 aromatic carbocycles. The van der Waals surface area contributed by atoms with E-state index < -0.39 is 5.91 Å². The molecule has 0 bridgehead atoms. The lowest BCUT2D eigenvalue weighted by Crippen LogP contribution is -2.38. The van der Waals surface area contributed by atoms with Crippen LogP contribution in [-0.2, 0) is 11.3 Å². The number of thioether (sulfide) groups is 1. The van der Waals surface area contributed by atoms with Crippen LogP contribution in [0, 0.1) is 11.7 Å². The maximum absolute atomic E-state index is 14.5. The first kappa shape index (κ1) is 25.6. The third-order valence-electron chi connectivity index (χ3n) is 6.82. The van der Waals surface area contributed by atoms with Crippen LogP contribution in [0.15, 0.2) is 58.9 Å². The van der Waals surface area contributed by atoms with E-state index in [1.165, 1.54) is 12.1 Å². The van der Waals surface area contributed by atoms with Crippen LogP contribution in [0.2, 0.25) is 0 Å². The number of nitrogens with one attached hydrogen (secondary N) is 2. The van der Waals surface area contributed by atoms with Crippen LogP contribution < -0.4 is 15.5 Å². The van der Waals surface area contributed by atoms with Gasteiger partial charge in [0.1, 0.15) is 5.82 Å². The number of nitrogens with zero attached hydrogens (tertiary/aromatic N) is 4. The van der Waals surface area contributed by atoms with E-state index >= 15 is 0 Å². The Morgan fingerprint density at radius 3 is 2.79 bits per heavy atom. The van der Waals surface area contributed by atoms with Crippen molar-refractivity contribution < 1.29 is 14.0 Å². The number of fused-ring (bicyclic) bond motifs is 1. The van der Waals surface area contributed by atoms with Crippen LogP contribution in [0.4, 0.5) is 15.1 Å². The summed E-state index contributed by atoms with van der Waals surface area (Å²) in [6.07, 6.45) is 5.22. The quantitative estimate of drug-likeness (QED) is 0.297. The molecule has 6 rings (SSSR count). The van der Waals surface area contributed by atoms with Crippen molar-refractivity contribution in [1.82, 2.24) is 25.6 Å². The maximum Gasteiger partial charge on any atom is 0.290 e. The standard InChI is InChI=1S/C28H25FN6O2S2/c29-18-11-20(32-23(12-18)22-16-38-24-4-2-1-3-21(22)24)15-30-14-17-6-9-35(10-7-17)27-31-8-5-19(33-27)13-25-26(36)34-28(37)39-25/h1-5,8,11-13,16-17,30H,6-7,9-10,14-15H2,(H,34,36,37)/b25-13+. The number of halogens is 1. The normalized spacial score (nSPS) is 17.4. The molecule has 0 unspecified atom stereocenters. The Labute approximate surface area is 232 Å². The highest BCUT2D eigenvalue weighted by Gasteiger charge is 2.26. The lowest BCUT2D eigenvalue weighted by molar-refractivity contribution is -0.115. The molecule has 3 aromatic heterocycles. The second-order valence-electron chi connectivity index (χ2n) is 9.50. The zero-order valence-electron chi connectivity index (χ0n) is 20.9. The summed E-state index contributed by atoms with van der Waals surface area (Å²) < 4.78 is 15.6. The van der Waals surface area contributed by atoms with Crippen molar-refractivity contribution in [3.05, 3.63) is 76.2 Å². The van der Waals surface area contributed by atoms with Gasteiger partial charge in [-0.1, -0.05) is 18.2 Å². The van der Waals surface area contributed by atoms with Crippen molar-refractivity contribution in [3.63, 3.8) is 0 Å². The van der Waals surface area contributed by atoms with Gasteiger partial charge in [-0.05, 0) is 61.3 Å². The summed E-state index contributed by atoms with van der Waals surface area (Å²) in [5, 5.41) is 8.48. The zero-order chi connectivity index (χ0) is 26.8. The highest BCUT2D eigenvalue weighted by molar-refractivity contribution is 8.18. The number of hydrogen-bond donors (Lipinski definition) is 2. The second-order valence-corrected chi connectivity index (χ2v) is 11.4. The van der Waals surface area contributed by atoms with Crippen molar-refractivity contribution in [2.24, 2.45) is 5.92 Å². The number of benzene rings is 1. The first-order chi connectivity index (χ1) is 19.0. The molecule has 2 saturated heterocycles. The number of carbonyl (C=O) groups excluding carboxylic acids is 2. The van der Waals surface area contributed by atoms with Gasteiger partial charge in [0.05, 0.1) is 22.0 Å². The molecule has 0 saturated carbocycles. The van der Waals surface area contributed by atoms with Crippen LogP contribution >= 0.6 is 23.1 Å². The van der Waals surface area contributed by atoms with Gasteiger partial charge in [-0.2, -0.15) is 0 Å². The minimum Gasteiger partial charge on any atom is -0.341 e. The topological polar surface area (TPSA) is 100 Å². The molecule has 5 heterocycles. The van der Waals surface area contributed by atoms with Gasteiger partial charge in [-0.25, -0.2) is 14.4 Å². The Kier molecular flexibility index (Phi) is 7.36. The van der Waals surface area contributed by atoms with Gasteiger partial charge >= 0.3 is 0 Å². The highest BCUT2D eigenvalue weighted by Crippen LogP contribution is 2.33. The number of carbonyl (C=O) groups is 2. The van der Waals surface area contributed by atoms with Gasteiger partial charge in [0, 0.05) is 52.9 Å². The molecule has 2 fully saturated rings. The third kappa shape index (κ3) is 5.85. The first-order valence-corrected chi connectivity index (χ1v) is 14.4. The fourth-order valence-electron chi connectivity index (χ4n) is 4.85. The SMILES string of the molecule is O=C1NC(=O)/C(=C\c2ccnc(N3CCC(CNCc4cc(F)cc(-c5csc6ccccc56)n4)CC3)n2)S1. The van der Waals surface area contributed by atoms with Crippen LogP contribution in [0.25, 0.3) is 27.4 Å². The summed E-state index contributed by atoms with van der Waals surface area (Å²) in [5.74, 6) is 0.410. The number of anilines is 1. The minimum absolute atomic E-state index is 0.281. The molecule has 4 aromatic rings. The third-order valence-corrected chi connectivity index (χ3v) is 8.60. The Bertz CT molecular complexity index is 1580. The predicted octanol–water partition coefficient (Wildman–Crippen LogP) is 5.22. The molecule has 2 N–H and O–H groups in total. The van der Waals surface area contributed by atoms with E-state index in [-0.39, 0.29) is 11.1 Å². The Hall–Kier alpha value is -3.67. The molecule has 39 heavy (non-hydrogen) atoms. The van der Waals surface area contributed by atoms with Crippen LogP contribution in [0.1, 0.15) is 24.2 Å². The van der Waals surface area contributed by atoms with Gasteiger partial charge in [0.25, 0.3) is 11.1 Å². The van der Waals surface area contributed by atoms with Gasteiger partial charge in [-0.15, -0.1) is 11.3 Å². The smallest absolute Gasteiger partial charge is 0.290 e. The maximum atomic E-state index is 14.5. The minimum atomic E-state index is -0.400. The number of imide groups is 1. The molecule has 2 amide bonds. The number of pyridine rings is 1. The molecule has 198 valence electrons. The van der Waals surface area contributed by atoms with Gasteiger partial charge < -0.3 is 10.2 Å². The average Bonchev–Trinajstić information content (AvgIpc) is 3.51. The molecule has 0 atom stereocenters. The highest BCUT2D eigenvalue weighted by atomic mass is 32.2. The monoisotopic (exact) mass is 560 g/mol. The van der Waals surface area contributed by atoms with Crippen molar-refractivity contribution in [3.8, 4) is 11.3 Å². The number of hydrogen-bond acceptors (Lipinski definition) is 9. The average molecular weight is 561 g/mol. The van der Waals surface area contributed by atoms with E-state index in [0.717, 1.165) is 59.9 Å². The molecular formula is C28H25FN6O2S2. The number of amides is 2. The van der Waals surface area contributed by atoms with Crippen LogP contribution in [-0.4, -0.2) is 45.7 Å². The molecule has 11 heteroatoms. The number of piperidine rings is 1. The fourth-order valence-corrected chi connectivity index (χ4v) is 6.47. The summed E-state index contributed by atoms with van der Waals surface area (Å²) >= 11 is 2.51. The lowest BCUT2D eigenvalue weighted by atomic mass is 9.97. The summed E-state index contributed by atoms with van der Waals surface area (Å²) in [6.45, 7) is 2.94. The second kappa shape index (κ2) is 11.2. The van der Waals surface area contributed by atoms with E-state index in [4.69, 9.17) is 4.98 Å². The predicted molar refractivity (Wildman–Crippen MR) is 153 cm³/mol. The fraction of sp³-hybridized carbons (Fsp3) is 0.250. The van der Waals surface area contributed by atoms with Crippen molar-refractivity contribution in [2.45, 2.75) is 19.4 Å². The van der Waals surface area contributed by atoms with Gasteiger partial charge in [-0.3, -0.25) is 19.9 Å². The zero-order valence-corrected chi connectivity index (χ0v) is 22.5. The summed E-state index contributed by atoms with van der Waals surface area (Å²) in [4.78, 5) is 39.4. The van der Waals surface area contributed by atoms with E-state index in [2.05, 4.69) is 31.6 Å². The molecule has 2 aliphatic heterocycles. The van der Waals surface area contributed by atoms with Crippen molar-refractivity contribution >= 4 is 56.4 Å². The van der Waals surface area contributed by atoms with Gasteiger partial charge in [0.15, 0.2) is 0 Å². The molecular weight excluding hydrogens is 535 g/mol. The summed E-state index contributed by atoms with van der Waals surface area (Å²) in [5.41, 5.74) is 2.90. The Morgan fingerprint density at radius 1 is 1.13 bits per heavy atom. The largest absolute Gasteiger partial charge is 0.341 e. The Balaban J connectivity index is 1.03. The van der Waals surface area contributed by atoms with E-state index in [1.807, 2.05) is 23.6 Å². The van der Waals surface area contributed by atoms with E-state index in [0.29, 0.717) is 40.4 Å². The summed E-state index contributed by atoms with van der Waals surface area (Å²) in [7, 11) is 0. The number of rotatable bonds is 7. The first-order valence-electron chi connectivity index (χ1n) is 12.7. The van der Waals surface area contributed by atoms with Gasteiger partial charge in [0.2, 0.25) is 5.95 Å². The van der Waals surface area contributed by atoms with Crippen LogP contribution in [0.3, 0.4) is 0 Å². The molecule has 0 aliphatic carbocycles. The number of aromatic nitrogens is 3. The van der Waals surface area contributed by atoms with Crippen molar-refractivity contribution in [2.75, 3.05) is 24.5 Å². The molecule has 2 aliphatic rings. The van der Waals surface area contributed by atoms with E-state index in [1.54, 1.807) is 29.7 Å². The van der Waals surface area contributed by atoms with E-state index in [9.17, 15) is 14.0 Å². The Morgan fingerprint density at radius 2 is 1.97 bits per heavy atom. The van der Waals surface area contributed by atoms with Crippen LogP contribution in [0.5, 0.6) is 0 Å². The molecule has 0 spiro atoms. The summed E-state index contributed by atoms with van der Waals surface area (Å²) in [6, 6.07) is 12.8. The molecule has 0 radical (unpaired) electrons. The van der Waals surface area contributed by atoms with Crippen molar-refractivity contribution in [1.29, 1.82) is 0 Å². The molecule has 8 nitrogen and oxygen atoms in total. The lowest BCUT2D eigenvalue weighted by Gasteiger charge is -2.32.